The van der Waals surface area contributed by atoms with Crippen LogP contribution in [0.3, 0.4) is 0 Å². The highest BCUT2D eigenvalue weighted by atomic mass is 16.2. The number of nitrogens with one attached hydrogen (secondary N) is 1. The van der Waals surface area contributed by atoms with Gasteiger partial charge in [0.05, 0.1) is 12.3 Å². The molecule has 2 amide bonds. The third kappa shape index (κ3) is 1.05. The van der Waals surface area contributed by atoms with Crippen molar-refractivity contribution in [2.45, 2.75) is 13.3 Å². The van der Waals surface area contributed by atoms with E-state index in [2.05, 4.69) is 5.32 Å². The molecule has 0 spiro atoms. The molecular weight excluding hydrogens is 134 g/mol. The van der Waals surface area contributed by atoms with Crippen LogP contribution in [-0.2, 0) is 14.4 Å². The van der Waals surface area contributed by atoms with Gasteiger partial charge in [-0.1, -0.05) is 0 Å². The molecule has 4 nitrogen and oxygen atoms in total. The van der Waals surface area contributed by atoms with Crippen LogP contribution in [0, 0.1) is 5.92 Å². The van der Waals surface area contributed by atoms with E-state index in [4.69, 9.17) is 0 Å². The normalized spacial score (nSPS) is 26.5. The second kappa shape index (κ2) is 2.21. The van der Waals surface area contributed by atoms with Crippen molar-refractivity contribution >= 4 is 17.6 Å². The molecule has 0 bridgehead atoms. The van der Waals surface area contributed by atoms with Crippen LogP contribution in [0.15, 0.2) is 0 Å². The van der Waals surface area contributed by atoms with Gasteiger partial charge >= 0.3 is 0 Å². The Morgan fingerprint density at radius 3 is 2.50 bits per heavy atom. The van der Waals surface area contributed by atoms with Gasteiger partial charge in [0.1, 0.15) is 0 Å². The van der Waals surface area contributed by atoms with Crippen LogP contribution >= 0.6 is 0 Å². The Balaban J connectivity index is 2.76. The molecular formula is C6H7NO3. The van der Waals surface area contributed by atoms with Gasteiger partial charge in [0.25, 0.3) is 0 Å². The first-order valence-electron chi connectivity index (χ1n) is 2.97. The molecule has 0 saturated carbocycles. The summed E-state index contributed by atoms with van der Waals surface area (Å²) in [5.41, 5.74) is 0. The number of ketones is 1. The maximum absolute atomic E-state index is 10.7. The predicted molar refractivity (Wildman–Crippen MR) is 31.9 cm³/mol. The van der Waals surface area contributed by atoms with Gasteiger partial charge in [-0.05, 0) is 6.92 Å². The molecule has 1 atom stereocenters. The van der Waals surface area contributed by atoms with Gasteiger partial charge in [0.2, 0.25) is 11.8 Å². The fourth-order valence-corrected chi connectivity index (χ4v) is 0.747. The summed E-state index contributed by atoms with van der Waals surface area (Å²) in [7, 11) is 0. The van der Waals surface area contributed by atoms with E-state index in [0.717, 1.165) is 0 Å². The van der Waals surface area contributed by atoms with Crippen molar-refractivity contribution in [2.75, 3.05) is 0 Å². The zero-order chi connectivity index (χ0) is 7.72. The first-order chi connectivity index (χ1) is 4.61. The second-order valence-electron chi connectivity index (χ2n) is 2.28. The monoisotopic (exact) mass is 141 g/mol. The van der Waals surface area contributed by atoms with Crippen LogP contribution in [0.5, 0.6) is 0 Å². The number of carbonyl (C=O) groups is 3. The van der Waals surface area contributed by atoms with Crippen molar-refractivity contribution in [1.82, 2.24) is 5.32 Å². The summed E-state index contributed by atoms with van der Waals surface area (Å²) >= 11 is 0. The van der Waals surface area contributed by atoms with E-state index < -0.39 is 17.7 Å². The fraction of sp³-hybridized carbons (Fsp3) is 0.500. The van der Waals surface area contributed by atoms with E-state index in [-0.39, 0.29) is 12.2 Å². The Bertz CT molecular complexity index is 189. The average molecular weight is 141 g/mol. The number of piperidine rings is 1. The van der Waals surface area contributed by atoms with Crippen molar-refractivity contribution in [1.29, 1.82) is 0 Å². The smallest absolute Gasteiger partial charge is 0.236 e. The Labute approximate surface area is 57.6 Å². The lowest BCUT2D eigenvalue weighted by Gasteiger charge is -2.14. The molecule has 0 radical (unpaired) electrons. The van der Waals surface area contributed by atoms with Crippen LogP contribution in [-0.4, -0.2) is 17.6 Å². The second-order valence-corrected chi connectivity index (χ2v) is 2.28. The van der Waals surface area contributed by atoms with E-state index in [1.54, 1.807) is 0 Å². The minimum absolute atomic E-state index is 0.160. The molecule has 0 aromatic carbocycles. The summed E-state index contributed by atoms with van der Waals surface area (Å²) in [5.74, 6) is -1.93. The zero-order valence-corrected chi connectivity index (χ0v) is 5.51. The van der Waals surface area contributed by atoms with Crippen LogP contribution in [0.4, 0.5) is 0 Å². The third-order valence-corrected chi connectivity index (χ3v) is 1.47. The number of carbonyl (C=O) groups excluding carboxylic acids is 3. The molecule has 0 aromatic rings. The highest BCUT2D eigenvalue weighted by Crippen LogP contribution is 2.05. The summed E-state index contributed by atoms with van der Waals surface area (Å²) in [5, 5.41) is 2.06. The molecule has 1 aliphatic heterocycles. The number of Topliss-reactive ketones (excluding diaryl/α,β-unsaturated/α-hetero) is 1. The molecule has 1 heterocycles. The lowest BCUT2D eigenvalue weighted by molar-refractivity contribution is -0.142. The van der Waals surface area contributed by atoms with Crippen LogP contribution in [0.1, 0.15) is 13.3 Å². The molecule has 1 N–H and O–H groups in total. The fourth-order valence-electron chi connectivity index (χ4n) is 0.747. The van der Waals surface area contributed by atoms with Gasteiger partial charge in [-0.3, -0.25) is 19.7 Å². The summed E-state index contributed by atoms with van der Waals surface area (Å²) in [4.78, 5) is 31.9. The van der Waals surface area contributed by atoms with Crippen molar-refractivity contribution in [3.63, 3.8) is 0 Å². The number of hydrogen-bond acceptors (Lipinski definition) is 3. The van der Waals surface area contributed by atoms with E-state index in [0.29, 0.717) is 0 Å². The molecule has 4 heteroatoms. The lowest BCUT2D eigenvalue weighted by Crippen LogP contribution is -2.44. The zero-order valence-electron chi connectivity index (χ0n) is 5.51. The first kappa shape index (κ1) is 6.92. The molecule has 10 heavy (non-hydrogen) atoms. The summed E-state index contributed by atoms with van der Waals surface area (Å²) < 4.78 is 0. The summed E-state index contributed by atoms with van der Waals surface area (Å²) in [6, 6.07) is 0. The maximum atomic E-state index is 10.7. The maximum Gasteiger partial charge on any atom is 0.236 e. The van der Waals surface area contributed by atoms with Crippen LogP contribution in [0.2, 0.25) is 0 Å². The van der Waals surface area contributed by atoms with Gasteiger partial charge in [-0.25, -0.2) is 0 Å². The van der Waals surface area contributed by atoms with Gasteiger partial charge in [0, 0.05) is 0 Å². The van der Waals surface area contributed by atoms with E-state index >= 15 is 0 Å². The van der Waals surface area contributed by atoms with E-state index in [1.165, 1.54) is 6.92 Å². The Hall–Kier alpha value is -1.19. The standard InChI is InChI=1S/C6H7NO3/c1-3-4(8)2-5(9)7-6(3)10/h3H,2H2,1H3,(H,7,9,10). The summed E-state index contributed by atoms with van der Waals surface area (Å²) in [6.07, 6.45) is -0.160. The van der Waals surface area contributed by atoms with Crippen molar-refractivity contribution in [3.05, 3.63) is 0 Å². The average Bonchev–Trinajstić information content (AvgIpc) is 1.82. The molecule has 1 aliphatic rings. The number of imide groups is 1. The van der Waals surface area contributed by atoms with Gasteiger partial charge < -0.3 is 0 Å². The Kier molecular flexibility index (Phi) is 1.53. The van der Waals surface area contributed by atoms with Gasteiger partial charge in [0.15, 0.2) is 5.78 Å². The number of rotatable bonds is 0. The first-order valence-corrected chi connectivity index (χ1v) is 2.97. The van der Waals surface area contributed by atoms with Crippen LogP contribution < -0.4 is 5.32 Å². The topological polar surface area (TPSA) is 63.2 Å². The molecule has 1 rings (SSSR count). The molecule has 54 valence electrons. The summed E-state index contributed by atoms with van der Waals surface area (Å²) in [6.45, 7) is 1.49. The van der Waals surface area contributed by atoms with Crippen molar-refractivity contribution < 1.29 is 14.4 Å². The molecule has 1 saturated heterocycles. The van der Waals surface area contributed by atoms with E-state index in [9.17, 15) is 14.4 Å². The van der Waals surface area contributed by atoms with Crippen LogP contribution in [0.25, 0.3) is 0 Å². The third-order valence-electron chi connectivity index (χ3n) is 1.47. The van der Waals surface area contributed by atoms with Gasteiger partial charge in [-0.15, -0.1) is 0 Å². The minimum Gasteiger partial charge on any atom is -0.298 e. The lowest BCUT2D eigenvalue weighted by atomic mass is 9.99. The largest absolute Gasteiger partial charge is 0.298 e. The SMILES string of the molecule is CC1C(=O)CC(=O)NC1=O. The number of hydrogen-bond donors (Lipinski definition) is 1. The van der Waals surface area contributed by atoms with Gasteiger partial charge in [-0.2, -0.15) is 0 Å². The molecule has 1 unspecified atom stereocenters. The predicted octanol–water partition coefficient (Wildman–Crippen LogP) is -0.762. The molecule has 1 fully saturated rings. The van der Waals surface area contributed by atoms with E-state index in [1.807, 2.05) is 0 Å². The Morgan fingerprint density at radius 1 is 1.40 bits per heavy atom. The molecule has 0 aliphatic carbocycles. The Morgan fingerprint density at radius 2 is 2.00 bits per heavy atom. The molecule has 0 aromatic heterocycles. The number of amides is 2. The van der Waals surface area contributed by atoms with Crippen molar-refractivity contribution in [3.8, 4) is 0 Å². The quantitative estimate of drug-likeness (QED) is 0.356. The van der Waals surface area contributed by atoms with Crippen molar-refractivity contribution in [2.24, 2.45) is 5.92 Å². The highest BCUT2D eigenvalue weighted by molar-refractivity contribution is 6.17. The highest BCUT2D eigenvalue weighted by Gasteiger charge is 2.29. The minimum atomic E-state index is -0.655.